The molecular formula is C11H12N2. The lowest BCUT2D eigenvalue weighted by molar-refractivity contribution is 0.638. The van der Waals surface area contributed by atoms with Crippen LogP contribution in [0.4, 0.5) is 0 Å². The standard InChI is InChI=1S/C11H12N2/c1-10(13-8-7-12-9-13)11-5-3-2-4-6-11/h2-10H,1H3/t10-/m1/s1. The summed E-state index contributed by atoms with van der Waals surface area (Å²) < 4.78 is 2.09. The van der Waals surface area contributed by atoms with Crippen LogP contribution in [0.1, 0.15) is 18.5 Å². The van der Waals surface area contributed by atoms with Crippen LogP contribution in [0.25, 0.3) is 0 Å². The number of hydrogen-bond donors (Lipinski definition) is 0. The van der Waals surface area contributed by atoms with Gasteiger partial charge in [0.2, 0.25) is 0 Å². The third-order valence-corrected chi connectivity index (χ3v) is 2.25. The summed E-state index contributed by atoms with van der Waals surface area (Å²) in [7, 11) is 0. The SMILES string of the molecule is C[C@H](c1ccccc1)n1ccnc1. The molecule has 0 aliphatic rings. The second-order valence-electron chi connectivity index (χ2n) is 3.10. The van der Waals surface area contributed by atoms with Crippen LogP contribution >= 0.6 is 0 Å². The van der Waals surface area contributed by atoms with Crippen LogP contribution < -0.4 is 0 Å². The molecule has 0 aliphatic heterocycles. The van der Waals surface area contributed by atoms with Crippen molar-refractivity contribution in [1.29, 1.82) is 0 Å². The van der Waals surface area contributed by atoms with Crippen molar-refractivity contribution in [2.24, 2.45) is 0 Å². The van der Waals surface area contributed by atoms with Gasteiger partial charge in [-0.3, -0.25) is 0 Å². The Hall–Kier alpha value is -1.57. The molecule has 1 aromatic heterocycles. The quantitative estimate of drug-likeness (QED) is 0.680. The molecule has 0 saturated carbocycles. The Balaban J connectivity index is 2.29. The molecule has 13 heavy (non-hydrogen) atoms. The van der Waals surface area contributed by atoms with Crippen LogP contribution in [0.3, 0.4) is 0 Å². The van der Waals surface area contributed by atoms with Crippen LogP contribution in [-0.2, 0) is 0 Å². The van der Waals surface area contributed by atoms with Gasteiger partial charge in [0, 0.05) is 12.4 Å². The van der Waals surface area contributed by atoms with Gasteiger partial charge in [-0.2, -0.15) is 0 Å². The summed E-state index contributed by atoms with van der Waals surface area (Å²) in [5, 5.41) is 0. The maximum absolute atomic E-state index is 4.03. The molecule has 1 heterocycles. The second-order valence-corrected chi connectivity index (χ2v) is 3.10. The fourth-order valence-electron chi connectivity index (χ4n) is 1.40. The van der Waals surface area contributed by atoms with Gasteiger partial charge in [-0.1, -0.05) is 30.3 Å². The van der Waals surface area contributed by atoms with E-state index in [2.05, 4.69) is 40.7 Å². The zero-order valence-corrected chi connectivity index (χ0v) is 7.59. The number of hydrogen-bond acceptors (Lipinski definition) is 1. The highest BCUT2D eigenvalue weighted by Gasteiger charge is 2.04. The largest absolute Gasteiger partial charge is 0.330 e. The maximum Gasteiger partial charge on any atom is 0.0951 e. The van der Waals surface area contributed by atoms with E-state index < -0.39 is 0 Å². The summed E-state index contributed by atoms with van der Waals surface area (Å²) in [6.07, 6.45) is 5.63. The highest BCUT2D eigenvalue weighted by molar-refractivity contribution is 5.19. The van der Waals surface area contributed by atoms with Gasteiger partial charge in [0.05, 0.1) is 12.4 Å². The van der Waals surface area contributed by atoms with E-state index in [0.29, 0.717) is 6.04 Å². The van der Waals surface area contributed by atoms with Crippen molar-refractivity contribution in [2.45, 2.75) is 13.0 Å². The van der Waals surface area contributed by atoms with Crippen LogP contribution in [0.2, 0.25) is 0 Å². The summed E-state index contributed by atoms with van der Waals surface area (Å²) in [4.78, 5) is 4.03. The fraction of sp³-hybridized carbons (Fsp3) is 0.182. The normalized spacial score (nSPS) is 12.7. The minimum Gasteiger partial charge on any atom is -0.330 e. The first kappa shape index (κ1) is 8.05. The lowest BCUT2D eigenvalue weighted by Gasteiger charge is -2.12. The molecule has 1 aromatic carbocycles. The molecule has 2 rings (SSSR count). The minimum atomic E-state index is 0.365. The number of imidazole rings is 1. The van der Waals surface area contributed by atoms with E-state index in [-0.39, 0.29) is 0 Å². The number of aromatic nitrogens is 2. The molecule has 2 aromatic rings. The molecular weight excluding hydrogens is 160 g/mol. The Labute approximate surface area is 77.9 Å². The van der Waals surface area contributed by atoms with Crippen LogP contribution in [0.5, 0.6) is 0 Å². The minimum absolute atomic E-state index is 0.365. The summed E-state index contributed by atoms with van der Waals surface area (Å²) in [6.45, 7) is 2.16. The van der Waals surface area contributed by atoms with Gasteiger partial charge in [0.25, 0.3) is 0 Å². The molecule has 0 fully saturated rings. The van der Waals surface area contributed by atoms with Crippen molar-refractivity contribution in [3.63, 3.8) is 0 Å². The average Bonchev–Trinajstić information content (AvgIpc) is 2.71. The number of nitrogens with zero attached hydrogens (tertiary/aromatic N) is 2. The van der Waals surface area contributed by atoms with E-state index in [1.807, 2.05) is 18.6 Å². The summed E-state index contributed by atoms with van der Waals surface area (Å²) >= 11 is 0. The Bertz CT molecular complexity index is 351. The van der Waals surface area contributed by atoms with E-state index in [9.17, 15) is 0 Å². The predicted octanol–water partition coefficient (Wildman–Crippen LogP) is 2.49. The third-order valence-electron chi connectivity index (χ3n) is 2.25. The van der Waals surface area contributed by atoms with E-state index in [0.717, 1.165) is 0 Å². The molecule has 0 unspecified atom stereocenters. The van der Waals surface area contributed by atoms with Crippen molar-refractivity contribution in [2.75, 3.05) is 0 Å². The third kappa shape index (κ3) is 1.61. The molecule has 1 atom stereocenters. The fourth-order valence-corrected chi connectivity index (χ4v) is 1.40. The Morgan fingerprint density at radius 2 is 2.00 bits per heavy atom. The first-order chi connectivity index (χ1) is 6.38. The molecule has 0 N–H and O–H groups in total. The Morgan fingerprint density at radius 3 is 2.62 bits per heavy atom. The lowest BCUT2D eigenvalue weighted by Crippen LogP contribution is -2.03. The van der Waals surface area contributed by atoms with E-state index >= 15 is 0 Å². The number of rotatable bonds is 2. The van der Waals surface area contributed by atoms with E-state index in [1.54, 1.807) is 6.20 Å². The molecule has 0 radical (unpaired) electrons. The van der Waals surface area contributed by atoms with Gasteiger partial charge in [0.15, 0.2) is 0 Å². The van der Waals surface area contributed by atoms with Crippen LogP contribution in [0, 0.1) is 0 Å². The van der Waals surface area contributed by atoms with Crippen molar-refractivity contribution in [1.82, 2.24) is 9.55 Å². The van der Waals surface area contributed by atoms with Gasteiger partial charge in [0.1, 0.15) is 0 Å². The van der Waals surface area contributed by atoms with Crippen molar-refractivity contribution in [3.05, 3.63) is 54.6 Å². The maximum atomic E-state index is 4.03. The monoisotopic (exact) mass is 172 g/mol. The molecule has 0 bridgehead atoms. The average molecular weight is 172 g/mol. The Morgan fingerprint density at radius 1 is 1.23 bits per heavy atom. The molecule has 0 spiro atoms. The Kier molecular flexibility index (Phi) is 2.13. The molecule has 66 valence electrons. The molecule has 2 heteroatoms. The van der Waals surface area contributed by atoms with Crippen LogP contribution in [0.15, 0.2) is 49.1 Å². The van der Waals surface area contributed by atoms with E-state index in [4.69, 9.17) is 0 Å². The molecule has 2 nitrogen and oxygen atoms in total. The van der Waals surface area contributed by atoms with Crippen LogP contribution in [-0.4, -0.2) is 9.55 Å². The molecule has 0 aliphatic carbocycles. The highest BCUT2D eigenvalue weighted by atomic mass is 15.0. The first-order valence-electron chi connectivity index (χ1n) is 4.40. The summed E-state index contributed by atoms with van der Waals surface area (Å²) in [6, 6.07) is 10.8. The molecule has 0 amide bonds. The smallest absolute Gasteiger partial charge is 0.0951 e. The number of benzene rings is 1. The predicted molar refractivity (Wildman–Crippen MR) is 52.5 cm³/mol. The molecule has 0 saturated heterocycles. The van der Waals surface area contributed by atoms with Crippen molar-refractivity contribution < 1.29 is 0 Å². The van der Waals surface area contributed by atoms with E-state index in [1.165, 1.54) is 5.56 Å². The topological polar surface area (TPSA) is 17.8 Å². The van der Waals surface area contributed by atoms with Gasteiger partial charge in [-0.15, -0.1) is 0 Å². The zero-order chi connectivity index (χ0) is 9.10. The highest BCUT2D eigenvalue weighted by Crippen LogP contribution is 2.15. The zero-order valence-electron chi connectivity index (χ0n) is 7.59. The van der Waals surface area contributed by atoms with Gasteiger partial charge in [-0.05, 0) is 12.5 Å². The second kappa shape index (κ2) is 3.44. The lowest BCUT2D eigenvalue weighted by atomic mass is 10.1. The first-order valence-corrected chi connectivity index (χ1v) is 4.40. The van der Waals surface area contributed by atoms with Crippen molar-refractivity contribution >= 4 is 0 Å². The van der Waals surface area contributed by atoms with Gasteiger partial charge >= 0.3 is 0 Å². The summed E-state index contributed by atoms with van der Waals surface area (Å²) in [5.41, 5.74) is 1.31. The van der Waals surface area contributed by atoms with Crippen molar-refractivity contribution in [3.8, 4) is 0 Å². The van der Waals surface area contributed by atoms with Gasteiger partial charge < -0.3 is 4.57 Å². The summed E-state index contributed by atoms with van der Waals surface area (Å²) in [5.74, 6) is 0. The van der Waals surface area contributed by atoms with Gasteiger partial charge in [-0.25, -0.2) is 4.98 Å².